The van der Waals surface area contributed by atoms with Crippen LogP contribution in [0.3, 0.4) is 0 Å². The van der Waals surface area contributed by atoms with Crippen molar-refractivity contribution in [2.45, 2.75) is 25.7 Å². The van der Waals surface area contributed by atoms with Crippen LogP contribution in [0.15, 0.2) is 4.90 Å². The minimum Gasteiger partial charge on any atom is -0.282 e. The maximum absolute atomic E-state index is 11.2. The van der Waals surface area contributed by atoms with E-state index in [2.05, 4.69) is 0 Å². The highest BCUT2D eigenvalue weighted by Gasteiger charge is 2.36. The summed E-state index contributed by atoms with van der Waals surface area (Å²) in [5.74, 6) is 0. The summed E-state index contributed by atoms with van der Waals surface area (Å²) in [5, 5.41) is 21.8. The molecule has 0 atom stereocenters. The largest absolute Gasteiger partial charge is 0.301 e. The Morgan fingerprint density at radius 2 is 1.32 bits per heavy atom. The lowest BCUT2D eigenvalue weighted by Gasteiger charge is -2.10. The van der Waals surface area contributed by atoms with Crippen LogP contribution >= 0.6 is 0 Å². The standard InChI is InChI=1S/C9H10N2O7S/c1-4-5(2)9(19(16,17)18)8(11(14)15)6(3)7(4)10(12)13/h1-3H3,(H,16,17,18). The molecule has 0 saturated heterocycles. The normalized spacial score (nSPS) is 11.4. The van der Waals surface area contributed by atoms with Crippen LogP contribution in [0.25, 0.3) is 0 Å². The first-order chi connectivity index (χ1) is 8.50. The van der Waals surface area contributed by atoms with Crippen molar-refractivity contribution < 1.29 is 22.8 Å². The van der Waals surface area contributed by atoms with Gasteiger partial charge in [0.2, 0.25) is 0 Å². The van der Waals surface area contributed by atoms with Crippen molar-refractivity contribution in [2.24, 2.45) is 0 Å². The molecule has 0 unspecified atom stereocenters. The third-order valence-corrected chi connectivity index (χ3v) is 3.82. The summed E-state index contributed by atoms with van der Waals surface area (Å²) in [6.07, 6.45) is 0. The molecule has 1 aromatic rings. The third-order valence-electron chi connectivity index (χ3n) is 2.81. The molecule has 0 aliphatic rings. The molecular formula is C9H10N2O7S. The zero-order valence-corrected chi connectivity index (χ0v) is 11.0. The molecule has 0 aliphatic carbocycles. The van der Waals surface area contributed by atoms with Crippen molar-refractivity contribution in [1.82, 2.24) is 0 Å². The molecule has 0 aliphatic heterocycles. The predicted molar refractivity (Wildman–Crippen MR) is 63.8 cm³/mol. The number of rotatable bonds is 3. The molecule has 19 heavy (non-hydrogen) atoms. The van der Waals surface area contributed by atoms with Crippen molar-refractivity contribution in [1.29, 1.82) is 0 Å². The van der Waals surface area contributed by atoms with Gasteiger partial charge in [0.1, 0.15) is 5.56 Å². The molecule has 0 amide bonds. The van der Waals surface area contributed by atoms with Crippen molar-refractivity contribution in [3.8, 4) is 0 Å². The number of nitro groups is 2. The number of hydrogen-bond donors (Lipinski definition) is 1. The number of hydrogen-bond acceptors (Lipinski definition) is 6. The Morgan fingerprint density at radius 3 is 1.63 bits per heavy atom. The first kappa shape index (κ1) is 15.0. The first-order valence-corrected chi connectivity index (χ1v) is 6.34. The Bertz CT molecular complexity index is 693. The van der Waals surface area contributed by atoms with E-state index in [0.717, 1.165) is 13.8 Å². The highest BCUT2D eigenvalue weighted by atomic mass is 32.2. The third kappa shape index (κ3) is 2.39. The Kier molecular flexibility index (Phi) is 3.59. The quantitative estimate of drug-likeness (QED) is 0.507. The van der Waals surface area contributed by atoms with Gasteiger partial charge >= 0.3 is 10.1 Å². The molecule has 0 bridgehead atoms. The maximum atomic E-state index is 11.2. The molecule has 0 fully saturated rings. The summed E-state index contributed by atoms with van der Waals surface area (Å²) >= 11 is 0. The van der Waals surface area contributed by atoms with Crippen LogP contribution in [0.4, 0.5) is 11.4 Å². The van der Waals surface area contributed by atoms with E-state index in [0.29, 0.717) is 0 Å². The molecule has 10 heteroatoms. The van der Waals surface area contributed by atoms with Gasteiger partial charge in [0.25, 0.3) is 11.4 Å². The second-order valence-electron chi connectivity index (χ2n) is 3.89. The average molecular weight is 290 g/mol. The number of nitro benzene ring substituents is 2. The second-order valence-corrected chi connectivity index (χ2v) is 5.25. The van der Waals surface area contributed by atoms with E-state index in [1.807, 2.05) is 0 Å². The fourth-order valence-electron chi connectivity index (χ4n) is 1.90. The number of benzene rings is 1. The molecule has 0 saturated carbocycles. The highest BCUT2D eigenvalue weighted by molar-refractivity contribution is 7.86. The summed E-state index contributed by atoms with van der Waals surface area (Å²) in [7, 11) is -4.86. The minimum absolute atomic E-state index is 0.0410. The van der Waals surface area contributed by atoms with Crippen LogP contribution in [0.1, 0.15) is 16.7 Å². The van der Waals surface area contributed by atoms with Crippen molar-refractivity contribution in [2.75, 3.05) is 0 Å². The summed E-state index contributed by atoms with van der Waals surface area (Å²) in [5.41, 5.74) is -2.17. The Balaban J connectivity index is 4.09. The van der Waals surface area contributed by atoms with Gasteiger partial charge in [-0.15, -0.1) is 0 Å². The van der Waals surface area contributed by atoms with E-state index < -0.39 is 41.8 Å². The van der Waals surface area contributed by atoms with Gasteiger partial charge in [-0.25, -0.2) is 0 Å². The second kappa shape index (κ2) is 4.55. The zero-order chi connectivity index (χ0) is 15.1. The molecule has 0 heterocycles. The molecule has 0 spiro atoms. The van der Waals surface area contributed by atoms with Gasteiger partial charge in [-0.2, -0.15) is 8.42 Å². The molecule has 0 radical (unpaired) electrons. The fraction of sp³-hybridized carbons (Fsp3) is 0.333. The Hall–Kier alpha value is -2.07. The van der Waals surface area contributed by atoms with Gasteiger partial charge in [-0.05, 0) is 26.3 Å². The SMILES string of the molecule is Cc1c(C)c(S(=O)(=O)O)c([N+](=O)[O-])c(C)c1[N+](=O)[O-]. The first-order valence-electron chi connectivity index (χ1n) is 4.90. The predicted octanol–water partition coefficient (Wildman–Crippen LogP) is 1.67. The average Bonchev–Trinajstić information content (AvgIpc) is 2.20. The molecular weight excluding hydrogens is 280 g/mol. The lowest BCUT2D eigenvalue weighted by Crippen LogP contribution is -2.11. The van der Waals surface area contributed by atoms with Crippen LogP contribution in [0.5, 0.6) is 0 Å². The van der Waals surface area contributed by atoms with E-state index in [9.17, 15) is 28.6 Å². The van der Waals surface area contributed by atoms with Crippen LogP contribution in [0, 0.1) is 41.0 Å². The molecule has 9 nitrogen and oxygen atoms in total. The van der Waals surface area contributed by atoms with Gasteiger partial charge in [-0.1, -0.05) is 0 Å². The Morgan fingerprint density at radius 1 is 0.895 bits per heavy atom. The van der Waals surface area contributed by atoms with E-state index in [1.54, 1.807) is 0 Å². The maximum Gasteiger partial charge on any atom is 0.301 e. The summed E-state index contributed by atoms with van der Waals surface area (Å²) in [4.78, 5) is 19.1. The van der Waals surface area contributed by atoms with E-state index in [1.165, 1.54) is 6.92 Å². The minimum atomic E-state index is -4.86. The van der Waals surface area contributed by atoms with Crippen molar-refractivity contribution in [3.63, 3.8) is 0 Å². The Labute approximate surface area is 107 Å². The van der Waals surface area contributed by atoms with Gasteiger partial charge in [0.05, 0.1) is 9.85 Å². The van der Waals surface area contributed by atoms with Crippen molar-refractivity contribution in [3.05, 3.63) is 36.9 Å². The molecule has 104 valence electrons. The van der Waals surface area contributed by atoms with E-state index in [4.69, 9.17) is 4.55 Å². The van der Waals surface area contributed by atoms with Gasteiger partial charge < -0.3 is 0 Å². The lowest BCUT2D eigenvalue weighted by molar-refractivity contribution is -0.397. The van der Waals surface area contributed by atoms with E-state index >= 15 is 0 Å². The van der Waals surface area contributed by atoms with Crippen LogP contribution in [0.2, 0.25) is 0 Å². The summed E-state index contributed by atoms with van der Waals surface area (Å²) < 4.78 is 31.6. The van der Waals surface area contributed by atoms with Gasteiger partial charge in [0, 0.05) is 5.56 Å². The van der Waals surface area contributed by atoms with Crippen LogP contribution in [-0.2, 0) is 10.1 Å². The zero-order valence-electron chi connectivity index (χ0n) is 10.2. The lowest BCUT2D eigenvalue weighted by atomic mass is 10.0. The van der Waals surface area contributed by atoms with Gasteiger partial charge in [-0.3, -0.25) is 24.8 Å². The van der Waals surface area contributed by atoms with Crippen LogP contribution in [-0.4, -0.2) is 22.8 Å². The summed E-state index contributed by atoms with van der Waals surface area (Å²) in [6.45, 7) is 3.49. The summed E-state index contributed by atoms with van der Waals surface area (Å²) in [6, 6.07) is 0. The van der Waals surface area contributed by atoms with Gasteiger partial charge in [0.15, 0.2) is 4.90 Å². The highest BCUT2D eigenvalue weighted by Crippen LogP contribution is 2.39. The molecule has 1 rings (SSSR count). The monoisotopic (exact) mass is 290 g/mol. The smallest absolute Gasteiger partial charge is 0.282 e. The molecule has 0 aromatic heterocycles. The number of nitrogens with zero attached hydrogens (tertiary/aromatic N) is 2. The molecule has 1 aromatic carbocycles. The fourth-order valence-corrected chi connectivity index (χ4v) is 2.91. The van der Waals surface area contributed by atoms with Crippen LogP contribution < -0.4 is 0 Å². The van der Waals surface area contributed by atoms with E-state index in [-0.39, 0.29) is 11.1 Å². The molecule has 1 N–H and O–H groups in total. The van der Waals surface area contributed by atoms with Crippen molar-refractivity contribution >= 4 is 21.5 Å². The topological polar surface area (TPSA) is 141 Å².